The van der Waals surface area contributed by atoms with E-state index in [1.165, 1.54) is 11.8 Å². The molecule has 3 aliphatic heterocycles. The fraction of sp³-hybridized carbons (Fsp3) is 0.583. The van der Waals surface area contributed by atoms with E-state index in [-0.39, 0.29) is 31.8 Å². The van der Waals surface area contributed by atoms with Crippen LogP contribution in [0.5, 0.6) is 0 Å². The minimum Gasteiger partial charge on any atom is -0.464 e. The van der Waals surface area contributed by atoms with Crippen LogP contribution in [0.25, 0.3) is 6.08 Å². The number of alkyl halides is 3. The SMILES string of the molecule is Cc1cc(C)n2c1C=C1C=CC(CCC(=O)N3CC(C)N(C(=O)C(C)(O)C(F)(F)F)CC3C)N1[B-]2(F)F. The van der Waals surface area contributed by atoms with Gasteiger partial charge in [-0.05, 0) is 70.5 Å². The third kappa shape index (κ3) is 4.34. The summed E-state index contributed by atoms with van der Waals surface area (Å²) in [6.45, 7) is 2.61. The van der Waals surface area contributed by atoms with Gasteiger partial charge in [-0.1, -0.05) is 6.08 Å². The number of fused-ring (bicyclic) bond motifs is 2. The maximum atomic E-state index is 15.6. The van der Waals surface area contributed by atoms with Crippen LogP contribution in [-0.2, 0) is 9.59 Å². The first kappa shape index (κ1) is 27.2. The lowest BCUT2D eigenvalue weighted by Gasteiger charge is -2.48. The number of carbonyl (C=O) groups is 2. The number of piperazine rings is 1. The van der Waals surface area contributed by atoms with Crippen molar-refractivity contribution in [1.29, 1.82) is 0 Å². The molecule has 204 valence electrons. The highest BCUT2D eigenvalue weighted by Gasteiger charge is 2.58. The zero-order valence-electron chi connectivity index (χ0n) is 21.4. The van der Waals surface area contributed by atoms with Gasteiger partial charge >= 0.3 is 13.1 Å². The third-order valence-corrected chi connectivity index (χ3v) is 7.73. The zero-order valence-corrected chi connectivity index (χ0v) is 21.4. The van der Waals surface area contributed by atoms with Crippen molar-refractivity contribution in [2.45, 2.75) is 77.4 Å². The quantitative estimate of drug-likeness (QED) is 0.480. The molecule has 1 saturated heterocycles. The van der Waals surface area contributed by atoms with Gasteiger partial charge in [0.05, 0.1) is 0 Å². The number of carbonyl (C=O) groups excluding carboxylic acids is 2. The molecule has 4 unspecified atom stereocenters. The van der Waals surface area contributed by atoms with Crippen molar-refractivity contribution in [2.24, 2.45) is 0 Å². The van der Waals surface area contributed by atoms with Crippen molar-refractivity contribution < 1.29 is 36.5 Å². The van der Waals surface area contributed by atoms with Gasteiger partial charge in [0, 0.05) is 49.0 Å². The van der Waals surface area contributed by atoms with Crippen LogP contribution in [0.15, 0.2) is 23.9 Å². The third-order valence-electron chi connectivity index (χ3n) is 7.73. The van der Waals surface area contributed by atoms with Gasteiger partial charge in [0.2, 0.25) is 11.5 Å². The van der Waals surface area contributed by atoms with Crippen molar-refractivity contribution in [1.82, 2.24) is 19.1 Å². The van der Waals surface area contributed by atoms with E-state index in [9.17, 15) is 27.9 Å². The van der Waals surface area contributed by atoms with E-state index < -0.39 is 42.8 Å². The first-order valence-electron chi connectivity index (χ1n) is 12.3. The van der Waals surface area contributed by atoms with Gasteiger partial charge in [-0.3, -0.25) is 9.59 Å². The van der Waals surface area contributed by atoms with Crippen LogP contribution in [0.4, 0.5) is 21.8 Å². The van der Waals surface area contributed by atoms with Gasteiger partial charge in [0.25, 0.3) is 5.91 Å². The van der Waals surface area contributed by atoms with E-state index in [0.717, 1.165) is 19.8 Å². The highest BCUT2D eigenvalue weighted by atomic mass is 19.4. The van der Waals surface area contributed by atoms with Crippen LogP contribution in [0.1, 0.15) is 50.6 Å². The molecule has 0 aliphatic carbocycles. The van der Waals surface area contributed by atoms with Crippen LogP contribution in [0.2, 0.25) is 0 Å². The minimum atomic E-state index is -5.14. The summed E-state index contributed by atoms with van der Waals surface area (Å²) < 4.78 is 71.8. The van der Waals surface area contributed by atoms with Gasteiger partial charge in [0.1, 0.15) is 0 Å². The second-order valence-electron chi connectivity index (χ2n) is 10.5. The van der Waals surface area contributed by atoms with E-state index in [0.29, 0.717) is 24.0 Å². The van der Waals surface area contributed by atoms with E-state index in [1.807, 2.05) is 0 Å². The molecule has 37 heavy (non-hydrogen) atoms. The van der Waals surface area contributed by atoms with Gasteiger partial charge in [-0.25, -0.2) is 0 Å². The highest BCUT2D eigenvalue weighted by molar-refractivity contribution is 6.63. The van der Waals surface area contributed by atoms with E-state index in [1.54, 1.807) is 45.1 Å². The van der Waals surface area contributed by atoms with Crippen molar-refractivity contribution in [3.63, 3.8) is 0 Å². The highest BCUT2D eigenvalue weighted by Crippen LogP contribution is 2.40. The molecule has 1 fully saturated rings. The van der Waals surface area contributed by atoms with Crippen molar-refractivity contribution in [3.05, 3.63) is 40.9 Å². The molecule has 0 radical (unpaired) electrons. The number of hydrogen-bond donors (Lipinski definition) is 1. The van der Waals surface area contributed by atoms with Gasteiger partial charge in [0.15, 0.2) is 0 Å². The lowest BCUT2D eigenvalue weighted by atomic mass is 9.86. The Morgan fingerprint density at radius 1 is 1.11 bits per heavy atom. The lowest BCUT2D eigenvalue weighted by Crippen LogP contribution is -2.65. The summed E-state index contributed by atoms with van der Waals surface area (Å²) in [6.07, 6.45) is -0.0473. The Labute approximate surface area is 212 Å². The first-order valence-corrected chi connectivity index (χ1v) is 12.3. The van der Waals surface area contributed by atoms with Crippen LogP contribution in [-0.4, -0.2) is 86.0 Å². The zero-order chi connectivity index (χ0) is 27.7. The Bertz CT molecular complexity index is 1180. The van der Waals surface area contributed by atoms with Gasteiger partial charge in [-0.2, -0.15) is 13.2 Å². The number of nitrogens with zero attached hydrogens (tertiary/aromatic N) is 4. The Kier molecular flexibility index (Phi) is 6.53. The summed E-state index contributed by atoms with van der Waals surface area (Å²) in [5, 5.41) is 9.80. The molecule has 7 nitrogen and oxygen atoms in total. The Morgan fingerprint density at radius 3 is 2.32 bits per heavy atom. The molecule has 0 bridgehead atoms. The molecule has 1 N–H and O–H groups in total. The summed E-state index contributed by atoms with van der Waals surface area (Å²) in [5.74, 6) is -1.80. The first-order chi connectivity index (χ1) is 17.0. The molecule has 3 aliphatic rings. The van der Waals surface area contributed by atoms with E-state index >= 15 is 8.63 Å². The molecule has 1 aromatic heterocycles. The summed E-state index contributed by atoms with van der Waals surface area (Å²) in [6, 6.07) is -0.360. The maximum Gasteiger partial charge on any atom is 0.529 e. The Balaban J connectivity index is 1.42. The lowest BCUT2D eigenvalue weighted by molar-refractivity contribution is -0.252. The number of halogens is 5. The van der Waals surface area contributed by atoms with E-state index in [2.05, 4.69) is 0 Å². The predicted octanol–water partition coefficient (Wildman–Crippen LogP) is 3.46. The van der Waals surface area contributed by atoms with Crippen molar-refractivity contribution in [2.75, 3.05) is 13.1 Å². The van der Waals surface area contributed by atoms with Crippen LogP contribution < -0.4 is 0 Å². The minimum absolute atomic E-state index is 0.0274. The fourth-order valence-electron chi connectivity index (χ4n) is 5.62. The normalized spacial score (nSPS) is 26.5. The number of allylic oxidation sites excluding steroid dienone is 1. The molecule has 1 aromatic rings. The van der Waals surface area contributed by atoms with Gasteiger partial charge in [-0.15, -0.1) is 0 Å². The second kappa shape index (κ2) is 8.88. The summed E-state index contributed by atoms with van der Waals surface area (Å²) in [7, 11) is 0. The predicted molar refractivity (Wildman–Crippen MR) is 128 cm³/mol. The molecule has 0 spiro atoms. The average Bonchev–Trinajstić information content (AvgIpc) is 3.33. The Morgan fingerprint density at radius 2 is 1.70 bits per heavy atom. The largest absolute Gasteiger partial charge is 0.529 e. The Hall–Kier alpha value is -2.83. The summed E-state index contributed by atoms with van der Waals surface area (Å²) in [4.78, 5) is 29.0. The number of aryl methyl sites for hydroxylation is 2. The summed E-state index contributed by atoms with van der Waals surface area (Å²) >= 11 is 0. The fourth-order valence-corrected chi connectivity index (χ4v) is 5.62. The molecule has 0 saturated carbocycles. The number of aliphatic hydroxyl groups is 1. The molecule has 13 heteroatoms. The standard InChI is InChI=1S/C24H31BF5N4O3/c1-14-10-15(2)33-20(14)11-19-7-6-18(34(19)25(33,29)30)8-9-21(35)31-12-17(4)32(13-16(31)3)22(36)23(5,37)24(26,27)28/h6-7,10-11,16-18,37H,8-9,12-13H2,1-5H3/q-1. The topological polar surface area (TPSA) is 69.0 Å². The average molecular weight is 529 g/mol. The smallest absolute Gasteiger partial charge is 0.464 e. The summed E-state index contributed by atoms with van der Waals surface area (Å²) in [5.41, 5.74) is -1.47. The molecule has 0 aromatic carbocycles. The van der Waals surface area contributed by atoms with Crippen molar-refractivity contribution >= 4 is 24.9 Å². The second-order valence-corrected chi connectivity index (χ2v) is 10.5. The number of hydrogen-bond acceptors (Lipinski definition) is 4. The van der Waals surface area contributed by atoms with Crippen LogP contribution in [0.3, 0.4) is 0 Å². The van der Waals surface area contributed by atoms with Crippen LogP contribution in [0, 0.1) is 13.8 Å². The van der Waals surface area contributed by atoms with Crippen molar-refractivity contribution in [3.8, 4) is 0 Å². The monoisotopic (exact) mass is 529 g/mol. The number of rotatable bonds is 4. The molecule has 2 amide bonds. The molecule has 4 atom stereocenters. The van der Waals surface area contributed by atoms with E-state index in [4.69, 9.17) is 0 Å². The van der Waals surface area contributed by atoms with Crippen LogP contribution >= 0.6 is 0 Å². The maximum absolute atomic E-state index is 15.6. The number of aromatic nitrogens is 1. The molecular formula is C24H31BF5N4O3-. The molecule has 4 heterocycles. The molecular weight excluding hydrogens is 498 g/mol. The van der Waals surface area contributed by atoms with Gasteiger partial charge < -0.3 is 32.8 Å². The number of amides is 2. The molecule has 4 rings (SSSR count).